The lowest BCUT2D eigenvalue weighted by Crippen LogP contribution is -2.34. The fraction of sp³-hybridized carbons (Fsp3) is 0.667. The second-order valence-corrected chi connectivity index (χ2v) is 3.01. The van der Waals surface area contributed by atoms with Gasteiger partial charge in [-0.3, -0.25) is 14.4 Å². The van der Waals surface area contributed by atoms with Crippen LogP contribution in [-0.4, -0.2) is 47.7 Å². The van der Waals surface area contributed by atoms with Gasteiger partial charge in [0.05, 0.1) is 6.54 Å². The van der Waals surface area contributed by atoms with Gasteiger partial charge in [0.15, 0.2) is 0 Å². The zero-order valence-corrected chi connectivity index (χ0v) is 9.52. The summed E-state index contributed by atoms with van der Waals surface area (Å²) in [6.45, 7) is 0.0522. The Balaban J connectivity index is 0. The molecule has 0 rings (SSSR count). The van der Waals surface area contributed by atoms with E-state index in [1.807, 2.05) is 0 Å². The minimum absolute atomic E-state index is 0.173. The monoisotopic (exact) mass is 249 g/mol. The molecule has 0 radical (unpaired) electrons. The summed E-state index contributed by atoms with van der Waals surface area (Å²) >= 11 is 0. The van der Waals surface area contributed by atoms with Gasteiger partial charge in [-0.25, -0.2) is 0 Å². The third kappa shape index (κ3) is 20.4. The average Bonchev–Trinajstić information content (AvgIpc) is 2.26. The SMILES string of the molecule is NCC(=O)NCC(=O)O.NCCCCC(=O)O. The lowest BCUT2D eigenvalue weighted by Gasteiger charge is -1.95. The van der Waals surface area contributed by atoms with Crippen LogP contribution in [0.4, 0.5) is 0 Å². The van der Waals surface area contributed by atoms with E-state index in [-0.39, 0.29) is 19.5 Å². The Hall–Kier alpha value is -1.67. The molecule has 0 unspecified atom stereocenters. The zero-order chi connectivity index (χ0) is 13.7. The van der Waals surface area contributed by atoms with Crippen molar-refractivity contribution in [1.82, 2.24) is 5.32 Å². The molecule has 17 heavy (non-hydrogen) atoms. The van der Waals surface area contributed by atoms with Crippen molar-refractivity contribution < 1.29 is 24.6 Å². The summed E-state index contributed by atoms with van der Waals surface area (Å²) in [5.41, 5.74) is 9.98. The first-order valence-electron chi connectivity index (χ1n) is 5.04. The predicted octanol–water partition coefficient (Wildman–Crippen LogP) is -1.65. The fourth-order valence-electron chi connectivity index (χ4n) is 0.667. The average molecular weight is 249 g/mol. The maximum absolute atomic E-state index is 10.2. The van der Waals surface area contributed by atoms with Crippen LogP contribution in [0.15, 0.2) is 0 Å². The molecule has 0 aromatic heterocycles. The number of carbonyl (C=O) groups excluding carboxylic acids is 1. The van der Waals surface area contributed by atoms with Gasteiger partial charge in [0.25, 0.3) is 0 Å². The Morgan fingerprint density at radius 1 is 1.00 bits per heavy atom. The van der Waals surface area contributed by atoms with E-state index >= 15 is 0 Å². The van der Waals surface area contributed by atoms with Crippen molar-refractivity contribution in [2.45, 2.75) is 19.3 Å². The van der Waals surface area contributed by atoms with E-state index in [4.69, 9.17) is 21.7 Å². The first-order valence-corrected chi connectivity index (χ1v) is 5.04. The summed E-state index contributed by atoms with van der Waals surface area (Å²) in [6.07, 6.45) is 1.76. The maximum Gasteiger partial charge on any atom is 0.322 e. The van der Waals surface area contributed by atoms with Crippen molar-refractivity contribution in [2.75, 3.05) is 19.6 Å². The van der Waals surface area contributed by atoms with E-state index in [0.717, 1.165) is 6.42 Å². The number of amides is 1. The van der Waals surface area contributed by atoms with Gasteiger partial charge in [0, 0.05) is 6.42 Å². The van der Waals surface area contributed by atoms with Gasteiger partial charge < -0.3 is 27.0 Å². The second-order valence-electron chi connectivity index (χ2n) is 3.01. The quantitative estimate of drug-likeness (QED) is 0.338. The first-order chi connectivity index (χ1) is 7.93. The van der Waals surface area contributed by atoms with Crippen LogP contribution in [0.3, 0.4) is 0 Å². The van der Waals surface area contributed by atoms with Gasteiger partial charge in [-0.05, 0) is 19.4 Å². The molecule has 1 amide bonds. The Bertz CT molecular complexity index is 245. The highest BCUT2D eigenvalue weighted by Gasteiger charge is 1.98. The van der Waals surface area contributed by atoms with Crippen LogP contribution in [0.1, 0.15) is 19.3 Å². The molecule has 0 fully saturated rings. The van der Waals surface area contributed by atoms with Crippen LogP contribution in [0.25, 0.3) is 0 Å². The van der Waals surface area contributed by atoms with Crippen molar-refractivity contribution in [1.29, 1.82) is 0 Å². The summed E-state index contributed by atoms with van der Waals surface area (Å²) in [5.74, 6) is -2.27. The number of carboxylic acids is 2. The molecule has 0 saturated heterocycles. The molecule has 100 valence electrons. The van der Waals surface area contributed by atoms with Crippen LogP contribution in [0.5, 0.6) is 0 Å². The summed E-state index contributed by atoms with van der Waals surface area (Å²) < 4.78 is 0. The Morgan fingerprint density at radius 2 is 1.59 bits per heavy atom. The van der Waals surface area contributed by atoms with E-state index in [1.165, 1.54) is 0 Å². The lowest BCUT2D eigenvalue weighted by atomic mass is 10.2. The van der Waals surface area contributed by atoms with E-state index in [1.54, 1.807) is 0 Å². The molecule has 0 atom stereocenters. The number of hydrogen-bond donors (Lipinski definition) is 5. The smallest absolute Gasteiger partial charge is 0.322 e. The number of rotatable bonds is 7. The van der Waals surface area contributed by atoms with E-state index in [2.05, 4.69) is 5.32 Å². The third-order valence-electron chi connectivity index (χ3n) is 1.47. The van der Waals surface area contributed by atoms with Crippen LogP contribution >= 0.6 is 0 Å². The summed E-state index contributed by atoms with van der Waals surface area (Å²) in [7, 11) is 0. The van der Waals surface area contributed by atoms with Gasteiger partial charge >= 0.3 is 11.9 Å². The standard InChI is InChI=1S/C5H11NO2.C4H8N2O3/c6-4-2-1-3-5(7)8;5-1-3(7)6-2-4(8)9/h1-4,6H2,(H,7,8);1-2,5H2,(H,6,7)(H,8,9). The Labute approximate surface area is 99.0 Å². The second kappa shape index (κ2) is 12.4. The maximum atomic E-state index is 10.2. The van der Waals surface area contributed by atoms with Gasteiger partial charge in [-0.1, -0.05) is 0 Å². The van der Waals surface area contributed by atoms with Gasteiger partial charge in [-0.2, -0.15) is 0 Å². The van der Waals surface area contributed by atoms with Crippen LogP contribution in [0, 0.1) is 0 Å². The summed E-state index contributed by atoms with van der Waals surface area (Å²) in [5, 5.41) is 18.2. The molecular weight excluding hydrogens is 230 g/mol. The van der Waals surface area contributed by atoms with Crippen molar-refractivity contribution in [3.05, 3.63) is 0 Å². The first kappa shape index (κ1) is 17.7. The van der Waals surface area contributed by atoms with Crippen LogP contribution in [0.2, 0.25) is 0 Å². The van der Waals surface area contributed by atoms with Crippen molar-refractivity contribution in [2.24, 2.45) is 11.5 Å². The van der Waals surface area contributed by atoms with Crippen LogP contribution in [-0.2, 0) is 14.4 Å². The summed E-state index contributed by atoms with van der Waals surface area (Å²) in [4.78, 5) is 29.8. The molecule has 0 aliphatic heterocycles. The predicted molar refractivity (Wildman–Crippen MR) is 60.2 cm³/mol. The highest BCUT2D eigenvalue weighted by Crippen LogP contribution is 1.91. The van der Waals surface area contributed by atoms with Crippen molar-refractivity contribution in [3.8, 4) is 0 Å². The number of hydrogen-bond acceptors (Lipinski definition) is 5. The molecule has 8 nitrogen and oxygen atoms in total. The molecule has 0 aliphatic rings. The Kier molecular flexibility index (Phi) is 12.9. The molecule has 0 aromatic carbocycles. The number of nitrogens with one attached hydrogen (secondary N) is 1. The molecule has 0 spiro atoms. The lowest BCUT2D eigenvalue weighted by molar-refractivity contribution is -0.138. The van der Waals surface area contributed by atoms with Gasteiger partial charge in [0.2, 0.25) is 5.91 Å². The molecule has 0 saturated carbocycles. The van der Waals surface area contributed by atoms with E-state index < -0.39 is 17.8 Å². The fourth-order valence-corrected chi connectivity index (χ4v) is 0.667. The Morgan fingerprint density at radius 3 is 1.94 bits per heavy atom. The summed E-state index contributed by atoms with van der Waals surface area (Å²) in [6, 6.07) is 0. The number of carbonyl (C=O) groups is 3. The van der Waals surface area contributed by atoms with E-state index in [9.17, 15) is 14.4 Å². The highest BCUT2D eigenvalue weighted by atomic mass is 16.4. The number of unbranched alkanes of at least 4 members (excludes halogenated alkanes) is 1. The minimum Gasteiger partial charge on any atom is -0.481 e. The zero-order valence-electron chi connectivity index (χ0n) is 9.52. The number of carboxylic acid groups (broad SMARTS) is 2. The third-order valence-corrected chi connectivity index (χ3v) is 1.47. The number of aliphatic carboxylic acids is 2. The molecule has 0 aromatic rings. The van der Waals surface area contributed by atoms with E-state index in [0.29, 0.717) is 13.0 Å². The van der Waals surface area contributed by atoms with Crippen LogP contribution < -0.4 is 16.8 Å². The molecular formula is C9H19N3O5. The topological polar surface area (TPSA) is 156 Å². The van der Waals surface area contributed by atoms with Gasteiger partial charge in [0.1, 0.15) is 6.54 Å². The highest BCUT2D eigenvalue weighted by molar-refractivity contribution is 5.82. The largest absolute Gasteiger partial charge is 0.481 e. The number of nitrogens with two attached hydrogens (primary N) is 2. The molecule has 0 heterocycles. The molecule has 7 N–H and O–H groups in total. The normalized spacial score (nSPS) is 8.82. The van der Waals surface area contributed by atoms with Crippen molar-refractivity contribution >= 4 is 17.8 Å². The van der Waals surface area contributed by atoms with Crippen molar-refractivity contribution in [3.63, 3.8) is 0 Å². The molecule has 0 bridgehead atoms. The van der Waals surface area contributed by atoms with Gasteiger partial charge in [-0.15, -0.1) is 0 Å². The molecule has 8 heteroatoms. The molecule has 0 aliphatic carbocycles. The minimum atomic E-state index is -1.07.